The summed E-state index contributed by atoms with van der Waals surface area (Å²) in [6.07, 6.45) is 1.93. The van der Waals surface area contributed by atoms with Crippen molar-refractivity contribution in [2.45, 2.75) is 59.3 Å². The molecule has 1 aromatic heterocycles. The quantitative estimate of drug-likeness (QED) is 0.493. The molecule has 3 rings (SSSR count). The standard InChI is InChI=1S/C26H33N2/c1-18-11-9-10-12-22(18)24-16-23(27-17-28(24)8)19-13-20(25(2,3)4)15-21(14-19)26(5,6)7/h9-17H,1-8H3/q+1. The van der Waals surface area contributed by atoms with E-state index in [9.17, 15) is 0 Å². The lowest BCUT2D eigenvalue weighted by Crippen LogP contribution is -2.31. The minimum atomic E-state index is 0.0916. The molecule has 0 aliphatic carbocycles. The van der Waals surface area contributed by atoms with Gasteiger partial charge in [-0.25, -0.2) is 4.57 Å². The van der Waals surface area contributed by atoms with E-state index in [2.05, 4.69) is 109 Å². The fourth-order valence-corrected chi connectivity index (χ4v) is 3.41. The normalized spacial score (nSPS) is 12.3. The van der Waals surface area contributed by atoms with Crippen LogP contribution in [0.4, 0.5) is 0 Å². The van der Waals surface area contributed by atoms with E-state index in [-0.39, 0.29) is 10.8 Å². The van der Waals surface area contributed by atoms with Gasteiger partial charge in [-0.2, -0.15) is 0 Å². The molecule has 0 saturated heterocycles. The van der Waals surface area contributed by atoms with Gasteiger partial charge in [-0.05, 0) is 51.6 Å². The van der Waals surface area contributed by atoms with Gasteiger partial charge in [0.25, 0.3) is 6.33 Å². The largest absolute Gasteiger partial charge is 0.287 e. The number of aromatic nitrogens is 2. The maximum atomic E-state index is 4.77. The van der Waals surface area contributed by atoms with Crippen LogP contribution in [0.25, 0.3) is 22.5 Å². The fourth-order valence-electron chi connectivity index (χ4n) is 3.41. The van der Waals surface area contributed by atoms with Crippen LogP contribution in [0.1, 0.15) is 58.2 Å². The van der Waals surface area contributed by atoms with E-state index in [1.54, 1.807) is 0 Å². The van der Waals surface area contributed by atoms with E-state index in [0.717, 1.165) is 5.69 Å². The SMILES string of the molecule is Cc1ccccc1-c1cc(-c2cc(C(C)(C)C)cc(C(C)(C)C)c2)nc[n+]1C. The Morgan fingerprint density at radius 1 is 0.786 bits per heavy atom. The van der Waals surface area contributed by atoms with Crippen LogP contribution < -0.4 is 4.57 Å². The van der Waals surface area contributed by atoms with Crippen LogP contribution in [0.5, 0.6) is 0 Å². The Balaban J connectivity index is 2.22. The molecule has 0 bridgehead atoms. The van der Waals surface area contributed by atoms with Crippen LogP contribution in [-0.2, 0) is 17.9 Å². The van der Waals surface area contributed by atoms with Gasteiger partial charge in [0.15, 0.2) is 5.69 Å². The summed E-state index contributed by atoms with van der Waals surface area (Å²) in [7, 11) is 2.06. The first-order valence-electron chi connectivity index (χ1n) is 10.0. The highest BCUT2D eigenvalue weighted by atomic mass is 15.0. The Labute approximate surface area is 170 Å². The molecule has 28 heavy (non-hydrogen) atoms. The molecule has 0 aliphatic heterocycles. The number of benzene rings is 2. The van der Waals surface area contributed by atoms with Crippen molar-refractivity contribution in [1.82, 2.24) is 4.98 Å². The molecule has 0 unspecified atom stereocenters. The molecule has 146 valence electrons. The molecule has 1 heterocycles. The summed E-state index contributed by atoms with van der Waals surface area (Å²) < 4.78 is 2.10. The maximum absolute atomic E-state index is 4.77. The summed E-state index contributed by atoms with van der Waals surface area (Å²) in [6, 6.07) is 17.7. The van der Waals surface area contributed by atoms with Gasteiger partial charge in [-0.15, -0.1) is 0 Å². The van der Waals surface area contributed by atoms with Crippen LogP contribution in [0.3, 0.4) is 0 Å². The van der Waals surface area contributed by atoms with Crippen molar-refractivity contribution in [2.24, 2.45) is 7.05 Å². The third-order valence-electron chi connectivity index (χ3n) is 5.41. The third-order valence-corrected chi connectivity index (χ3v) is 5.41. The van der Waals surface area contributed by atoms with E-state index in [0.29, 0.717) is 0 Å². The molecule has 3 aromatic rings. The molecule has 0 N–H and O–H groups in total. The maximum Gasteiger partial charge on any atom is 0.287 e. The van der Waals surface area contributed by atoms with Gasteiger partial charge >= 0.3 is 0 Å². The summed E-state index contributed by atoms with van der Waals surface area (Å²) in [4.78, 5) is 4.77. The molecule has 0 saturated carbocycles. The summed E-state index contributed by atoms with van der Waals surface area (Å²) in [5.74, 6) is 0. The molecule has 0 atom stereocenters. The van der Waals surface area contributed by atoms with Gasteiger partial charge in [0.05, 0.1) is 7.05 Å². The van der Waals surface area contributed by atoms with Crippen molar-refractivity contribution in [3.8, 4) is 22.5 Å². The number of aryl methyl sites for hydroxylation is 2. The lowest BCUT2D eigenvalue weighted by atomic mass is 9.79. The van der Waals surface area contributed by atoms with Crippen LogP contribution in [0, 0.1) is 6.92 Å². The van der Waals surface area contributed by atoms with Crippen LogP contribution in [-0.4, -0.2) is 4.98 Å². The summed E-state index contributed by atoms with van der Waals surface area (Å²) in [6.45, 7) is 15.8. The molecule has 0 fully saturated rings. The average Bonchev–Trinajstić information content (AvgIpc) is 2.61. The lowest BCUT2D eigenvalue weighted by Gasteiger charge is -2.25. The van der Waals surface area contributed by atoms with Crippen molar-refractivity contribution in [3.63, 3.8) is 0 Å². The Morgan fingerprint density at radius 3 is 1.89 bits per heavy atom. The number of hydrogen-bond acceptors (Lipinski definition) is 1. The Kier molecular flexibility index (Phi) is 5.18. The number of hydrogen-bond donors (Lipinski definition) is 0. The second kappa shape index (κ2) is 7.16. The van der Waals surface area contributed by atoms with Gasteiger partial charge in [0.1, 0.15) is 5.69 Å². The van der Waals surface area contributed by atoms with Gasteiger partial charge < -0.3 is 0 Å². The van der Waals surface area contributed by atoms with Crippen molar-refractivity contribution in [2.75, 3.05) is 0 Å². The second-order valence-electron chi connectivity index (χ2n) is 9.88. The molecule has 0 amide bonds. The topological polar surface area (TPSA) is 16.8 Å². The zero-order valence-corrected chi connectivity index (χ0v) is 18.6. The van der Waals surface area contributed by atoms with Crippen LogP contribution >= 0.6 is 0 Å². The molecular formula is C26H33N2+. The van der Waals surface area contributed by atoms with E-state index in [1.165, 1.54) is 33.5 Å². The molecule has 0 spiro atoms. The predicted molar refractivity (Wildman–Crippen MR) is 118 cm³/mol. The van der Waals surface area contributed by atoms with Crippen molar-refractivity contribution < 1.29 is 4.57 Å². The highest BCUT2D eigenvalue weighted by Crippen LogP contribution is 2.34. The first-order chi connectivity index (χ1) is 13.0. The van der Waals surface area contributed by atoms with Crippen LogP contribution in [0.15, 0.2) is 54.9 Å². The molecule has 2 heteroatoms. The van der Waals surface area contributed by atoms with Crippen molar-refractivity contribution >= 4 is 0 Å². The smallest absolute Gasteiger partial charge is 0.232 e. The zero-order valence-electron chi connectivity index (χ0n) is 18.6. The first kappa shape index (κ1) is 20.3. The molecular weight excluding hydrogens is 340 g/mol. The minimum absolute atomic E-state index is 0.0916. The molecule has 2 aromatic carbocycles. The van der Waals surface area contributed by atoms with Gasteiger partial charge in [-0.1, -0.05) is 71.9 Å². The highest BCUT2D eigenvalue weighted by Gasteiger charge is 2.23. The summed E-state index contributed by atoms with van der Waals surface area (Å²) in [5, 5.41) is 0. The minimum Gasteiger partial charge on any atom is -0.232 e. The Bertz CT molecular complexity index is 969. The summed E-state index contributed by atoms with van der Waals surface area (Å²) >= 11 is 0. The van der Waals surface area contributed by atoms with Gasteiger partial charge in [-0.3, -0.25) is 0 Å². The molecule has 0 aliphatic rings. The first-order valence-corrected chi connectivity index (χ1v) is 10.0. The van der Waals surface area contributed by atoms with E-state index in [1.807, 2.05) is 6.33 Å². The number of nitrogens with zero attached hydrogens (tertiary/aromatic N) is 2. The van der Waals surface area contributed by atoms with E-state index < -0.39 is 0 Å². The zero-order chi connectivity index (χ0) is 20.7. The monoisotopic (exact) mass is 373 g/mol. The third kappa shape index (κ3) is 4.16. The van der Waals surface area contributed by atoms with E-state index in [4.69, 9.17) is 4.98 Å². The average molecular weight is 374 g/mol. The molecule has 0 radical (unpaired) electrons. The van der Waals surface area contributed by atoms with Crippen LogP contribution in [0.2, 0.25) is 0 Å². The van der Waals surface area contributed by atoms with Gasteiger partial charge in [0, 0.05) is 17.2 Å². The molecule has 2 nitrogen and oxygen atoms in total. The van der Waals surface area contributed by atoms with E-state index >= 15 is 0 Å². The van der Waals surface area contributed by atoms with Crippen molar-refractivity contribution in [3.05, 3.63) is 71.5 Å². The summed E-state index contributed by atoms with van der Waals surface area (Å²) in [5.41, 5.74) is 8.79. The van der Waals surface area contributed by atoms with Crippen molar-refractivity contribution in [1.29, 1.82) is 0 Å². The predicted octanol–water partition coefficient (Wildman–Crippen LogP) is 6.14. The van der Waals surface area contributed by atoms with Gasteiger partial charge in [0.2, 0.25) is 0 Å². The Morgan fingerprint density at radius 2 is 1.36 bits per heavy atom. The lowest BCUT2D eigenvalue weighted by molar-refractivity contribution is -0.663. The second-order valence-corrected chi connectivity index (χ2v) is 9.88. The Hall–Kier alpha value is -2.48. The fraction of sp³-hybridized carbons (Fsp3) is 0.385. The number of rotatable bonds is 2. The highest BCUT2D eigenvalue weighted by molar-refractivity contribution is 5.69.